The van der Waals surface area contributed by atoms with E-state index in [1.807, 2.05) is 31.2 Å². The van der Waals surface area contributed by atoms with Gasteiger partial charge in [-0.3, -0.25) is 4.90 Å². The van der Waals surface area contributed by atoms with E-state index in [2.05, 4.69) is 23.9 Å². The van der Waals surface area contributed by atoms with Crippen molar-refractivity contribution in [2.75, 3.05) is 13.1 Å². The van der Waals surface area contributed by atoms with E-state index >= 15 is 0 Å². The number of carbonyl (C=O) groups excluding carboxylic acids is 2. The first-order valence-corrected chi connectivity index (χ1v) is 10.9. The topological polar surface area (TPSA) is 81.9 Å². The molecule has 0 saturated heterocycles. The highest BCUT2D eigenvalue weighted by molar-refractivity contribution is 5.94. The van der Waals surface area contributed by atoms with Gasteiger partial charge < -0.3 is 14.0 Å². The molecular weight excluding hydrogens is 396 g/mol. The van der Waals surface area contributed by atoms with Crippen LogP contribution >= 0.6 is 0 Å². The summed E-state index contributed by atoms with van der Waals surface area (Å²) in [6, 6.07) is 7.35. The molecule has 2 aliphatic rings. The van der Waals surface area contributed by atoms with Crippen molar-refractivity contribution in [2.24, 2.45) is 0 Å². The zero-order valence-corrected chi connectivity index (χ0v) is 18.2. The van der Waals surface area contributed by atoms with E-state index in [0.29, 0.717) is 17.7 Å². The van der Waals surface area contributed by atoms with Crippen molar-refractivity contribution in [3.05, 3.63) is 53.2 Å². The van der Waals surface area contributed by atoms with Gasteiger partial charge in [0.1, 0.15) is 0 Å². The van der Waals surface area contributed by atoms with Crippen LogP contribution in [0.2, 0.25) is 0 Å². The number of nitrogens with zero attached hydrogens (tertiary/aromatic N) is 2. The van der Waals surface area contributed by atoms with Gasteiger partial charge in [0.2, 0.25) is 0 Å². The predicted molar refractivity (Wildman–Crippen MR) is 114 cm³/mol. The summed E-state index contributed by atoms with van der Waals surface area (Å²) in [5.41, 5.74) is 3.10. The monoisotopic (exact) mass is 424 g/mol. The maximum Gasteiger partial charge on any atom is 0.334 e. The largest absolute Gasteiger partial charge is 0.413 e. The van der Waals surface area contributed by atoms with E-state index < -0.39 is 17.7 Å². The van der Waals surface area contributed by atoms with Gasteiger partial charge in [0.25, 0.3) is 0 Å². The van der Waals surface area contributed by atoms with Crippen LogP contribution in [0.5, 0.6) is 0 Å². The predicted octanol–water partition coefficient (Wildman–Crippen LogP) is 3.90. The highest BCUT2D eigenvalue weighted by Gasteiger charge is 2.55. The molecule has 0 bridgehead atoms. The molecule has 0 N–H and O–H groups in total. The number of aryl methyl sites for hydroxylation is 2. The lowest BCUT2D eigenvalue weighted by Crippen LogP contribution is -2.57. The van der Waals surface area contributed by atoms with E-state index in [1.54, 1.807) is 0 Å². The maximum atomic E-state index is 12.7. The van der Waals surface area contributed by atoms with Gasteiger partial charge in [0, 0.05) is 23.8 Å². The number of ether oxygens (including phenoxy) is 2. The van der Waals surface area contributed by atoms with Gasteiger partial charge in [0.05, 0.1) is 17.3 Å². The summed E-state index contributed by atoms with van der Waals surface area (Å²) >= 11 is 0. The van der Waals surface area contributed by atoms with E-state index in [4.69, 9.17) is 14.0 Å². The quantitative estimate of drug-likeness (QED) is 0.651. The fraction of sp³-hybridized carbons (Fsp3) is 0.458. The van der Waals surface area contributed by atoms with Crippen LogP contribution in [-0.4, -0.2) is 41.1 Å². The van der Waals surface area contributed by atoms with E-state index in [9.17, 15) is 9.59 Å². The summed E-state index contributed by atoms with van der Waals surface area (Å²) in [5.74, 6) is -2.20. The maximum absolute atomic E-state index is 12.7. The Bertz CT molecular complexity index is 983. The molecule has 0 amide bonds. The number of benzene rings is 1. The highest BCUT2D eigenvalue weighted by Crippen LogP contribution is 2.47. The normalized spacial score (nSPS) is 19.8. The van der Waals surface area contributed by atoms with Gasteiger partial charge in [-0.2, -0.15) is 0 Å². The third kappa shape index (κ3) is 3.90. The smallest absolute Gasteiger partial charge is 0.334 e. The Morgan fingerprint density at radius 3 is 2.35 bits per heavy atom. The molecule has 1 spiro atoms. The third-order valence-corrected chi connectivity index (χ3v) is 5.84. The molecule has 1 aromatic heterocycles. The average molecular weight is 424 g/mol. The van der Waals surface area contributed by atoms with Crippen molar-refractivity contribution in [3.63, 3.8) is 0 Å². The summed E-state index contributed by atoms with van der Waals surface area (Å²) < 4.78 is 17.6. The Morgan fingerprint density at radius 1 is 1.10 bits per heavy atom. The second-order valence-corrected chi connectivity index (χ2v) is 8.11. The van der Waals surface area contributed by atoms with Crippen LogP contribution in [0.1, 0.15) is 49.9 Å². The standard InChI is InChI=1S/C24H28N2O5/c1-4-13-26(14-5-2)20-10-9-17-7-6-8-18(19-15-16(3)25-31-19)23(17)24(20)29-21(27)11-12-22(28)30-24/h6-8,11-12,15,20H,4-5,9-10,13-14H2,1-3H3. The van der Waals surface area contributed by atoms with Crippen LogP contribution in [0.3, 0.4) is 0 Å². The number of aromatic nitrogens is 1. The minimum absolute atomic E-state index is 0.308. The van der Waals surface area contributed by atoms with E-state index in [-0.39, 0.29) is 6.04 Å². The molecule has 0 radical (unpaired) electrons. The number of hydrogen-bond donors (Lipinski definition) is 0. The van der Waals surface area contributed by atoms with Crippen LogP contribution in [-0.2, 0) is 31.3 Å². The summed E-state index contributed by atoms with van der Waals surface area (Å²) in [5, 5.41) is 4.02. The molecule has 1 aliphatic heterocycles. The average Bonchev–Trinajstić information content (AvgIpc) is 3.12. The molecule has 0 saturated carbocycles. The van der Waals surface area contributed by atoms with Crippen LogP contribution < -0.4 is 0 Å². The molecule has 4 rings (SSSR count). The summed E-state index contributed by atoms with van der Waals surface area (Å²) in [7, 11) is 0. The van der Waals surface area contributed by atoms with Crippen LogP contribution in [0.4, 0.5) is 0 Å². The van der Waals surface area contributed by atoms with Crippen molar-refractivity contribution in [1.82, 2.24) is 10.1 Å². The first-order valence-electron chi connectivity index (χ1n) is 10.9. The minimum Gasteiger partial charge on any atom is -0.413 e. The van der Waals surface area contributed by atoms with Gasteiger partial charge in [-0.05, 0) is 51.3 Å². The van der Waals surface area contributed by atoms with Gasteiger partial charge >= 0.3 is 17.7 Å². The Labute approximate surface area is 182 Å². The second kappa shape index (κ2) is 8.67. The zero-order valence-electron chi connectivity index (χ0n) is 18.2. The van der Waals surface area contributed by atoms with Gasteiger partial charge in [0.15, 0.2) is 5.76 Å². The first-order chi connectivity index (χ1) is 15.0. The molecule has 1 aromatic carbocycles. The summed E-state index contributed by atoms with van der Waals surface area (Å²) in [6.07, 6.45) is 5.61. The third-order valence-electron chi connectivity index (χ3n) is 5.84. The Hall–Kier alpha value is -2.93. The molecule has 7 heteroatoms. The number of fused-ring (bicyclic) bond motifs is 2. The van der Waals surface area contributed by atoms with E-state index in [1.165, 1.54) is 0 Å². The summed E-state index contributed by atoms with van der Waals surface area (Å²) in [4.78, 5) is 27.6. The number of esters is 2. The molecule has 2 heterocycles. The van der Waals surface area contributed by atoms with Crippen molar-refractivity contribution in [3.8, 4) is 11.3 Å². The zero-order chi connectivity index (χ0) is 22.0. The van der Waals surface area contributed by atoms with Gasteiger partial charge in [-0.15, -0.1) is 0 Å². The number of hydrogen-bond acceptors (Lipinski definition) is 7. The first kappa shape index (κ1) is 21.3. The number of carbonyl (C=O) groups is 2. The SMILES string of the molecule is CCCN(CCC)C1CCc2cccc(-c3cc(C)no3)c2C12OC(=O)C=CC(=O)O2. The van der Waals surface area contributed by atoms with Crippen molar-refractivity contribution < 1.29 is 23.6 Å². The van der Waals surface area contributed by atoms with E-state index in [0.717, 1.165) is 61.3 Å². The van der Waals surface area contributed by atoms with Crippen LogP contribution in [0, 0.1) is 6.92 Å². The van der Waals surface area contributed by atoms with Gasteiger partial charge in [-0.1, -0.05) is 37.2 Å². The number of rotatable bonds is 6. The molecular formula is C24H28N2O5. The molecule has 7 nitrogen and oxygen atoms in total. The van der Waals surface area contributed by atoms with Crippen LogP contribution in [0.15, 0.2) is 40.9 Å². The molecule has 0 fully saturated rings. The van der Waals surface area contributed by atoms with Crippen LogP contribution in [0.25, 0.3) is 11.3 Å². The molecule has 1 atom stereocenters. The van der Waals surface area contributed by atoms with Crippen molar-refractivity contribution in [1.29, 1.82) is 0 Å². The molecule has 1 unspecified atom stereocenters. The second-order valence-electron chi connectivity index (χ2n) is 8.11. The lowest BCUT2D eigenvalue weighted by atomic mass is 9.78. The van der Waals surface area contributed by atoms with Gasteiger partial charge in [-0.25, -0.2) is 9.59 Å². The fourth-order valence-electron chi connectivity index (χ4n) is 4.75. The Morgan fingerprint density at radius 2 is 1.77 bits per heavy atom. The lowest BCUT2D eigenvalue weighted by molar-refractivity contribution is -0.254. The highest BCUT2D eigenvalue weighted by atomic mass is 16.7. The summed E-state index contributed by atoms with van der Waals surface area (Å²) in [6.45, 7) is 7.69. The minimum atomic E-state index is -1.56. The molecule has 31 heavy (non-hydrogen) atoms. The molecule has 2 aromatic rings. The molecule has 164 valence electrons. The Kier molecular flexibility index (Phi) is 5.96. The molecule has 1 aliphatic carbocycles. The van der Waals surface area contributed by atoms with Crippen molar-refractivity contribution in [2.45, 2.75) is 58.3 Å². The fourth-order valence-corrected chi connectivity index (χ4v) is 4.75. The van der Waals surface area contributed by atoms with Crippen molar-refractivity contribution >= 4 is 11.9 Å². The Balaban J connectivity index is 1.95. The lowest BCUT2D eigenvalue weighted by Gasteiger charge is -2.47.